The second-order valence-corrected chi connectivity index (χ2v) is 11.0. The third-order valence-electron chi connectivity index (χ3n) is 6.05. The van der Waals surface area contributed by atoms with Crippen molar-refractivity contribution >= 4 is 9.84 Å². The molecule has 0 radical (unpaired) electrons. The van der Waals surface area contributed by atoms with Gasteiger partial charge in [0.2, 0.25) is 0 Å². The van der Waals surface area contributed by atoms with Gasteiger partial charge in [-0.3, -0.25) is 4.85 Å². The first-order valence-corrected chi connectivity index (χ1v) is 13.8. The number of rotatable bonds is 17. The van der Waals surface area contributed by atoms with Crippen LogP contribution >= 0.6 is 0 Å². The second-order valence-electron chi connectivity index (χ2n) is 8.75. The molecule has 0 bridgehead atoms. The lowest BCUT2D eigenvalue weighted by Crippen LogP contribution is -2.35. The maximum Gasteiger partial charge on any atom is 0.333 e. The second kappa shape index (κ2) is 15.2. The van der Waals surface area contributed by atoms with Crippen LogP contribution in [0.1, 0.15) is 109 Å². The minimum atomic E-state index is -3.72. The van der Waals surface area contributed by atoms with Crippen molar-refractivity contribution < 1.29 is 8.42 Å². The Bertz CT molecular complexity index is 774. The van der Waals surface area contributed by atoms with Gasteiger partial charge in [0.15, 0.2) is 0 Å². The summed E-state index contributed by atoms with van der Waals surface area (Å²) in [6.45, 7) is 14.3. The van der Waals surface area contributed by atoms with E-state index in [1.54, 1.807) is 12.1 Å². The van der Waals surface area contributed by atoms with Crippen molar-refractivity contribution in [1.82, 2.24) is 0 Å². The van der Waals surface area contributed by atoms with Crippen LogP contribution < -0.4 is 0 Å². The number of hydrogen-bond donors (Lipinski definition) is 0. The quantitative estimate of drug-likeness (QED) is 0.137. The molecule has 0 amide bonds. The van der Waals surface area contributed by atoms with E-state index in [4.69, 9.17) is 6.57 Å². The average molecular weight is 446 g/mol. The van der Waals surface area contributed by atoms with Gasteiger partial charge in [0.05, 0.1) is 4.90 Å². The summed E-state index contributed by atoms with van der Waals surface area (Å²) in [7, 11) is -3.72. The Hall–Kier alpha value is -1.60. The summed E-state index contributed by atoms with van der Waals surface area (Å²) in [5.41, 5.74) is 1.02. The predicted molar refractivity (Wildman–Crippen MR) is 133 cm³/mol. The van der Waals surface area contributed by atoms with E-state index in [-0.39, 0.29) is 4.90 Å². The third kappa shape index (κ3) is 9.19. The van der Waals surface area contributed by atoms with Crippen LogP contribution in [-0.2, 0) is 9.84 Å². The molecule has 0 saturated carbocycles. The zero-order valence-electron chi connectivity index (χ0n) is 20.0. The predicted octanol–water partition coefficient (Wildman–Crippen LogP) is 8.44. The van der Waals surface area contributed by atoms with Gasteiger partial charge in [0.1, 0.15) is 0 Å². The van der Waals surface area contributed by atoms with Gasteiger partial charge >= 0.3 is 4.87 Å². The summed E-state index contributed by atoms with van der Waals surface area (Å²) in [6, 6.07) is 6.97. The minimum absolute atomic E-state index is 0.281. The molecule has 0 aliphatic heterocycles. The molecule has 1 rings (SSSR count). The highest BCUT2D eigenvalue weighted by Gasteiger charge is 2.50. The Balaban J connectivity index is 2.87. The number of allylic oxidation sites excluding steroid dienone is 2. The normalized spacial score (nSPS) is 13.9. The van der Waals surface area contributed by atoms with Gasteiger partial charge < -0.3 is 0 Å². The monoisotopic (exact) mass is 445 g/mol. The molecule has 0 N–H and O–H groups in total. The Morgan fingerprint density at radius 2 is 1.35 bits per heavy atom. The van der Waals surface area contributed by atoms with Crippen LogP contribution in [0.3, 0.4) is 0 Å². The number of aryl methyl sites for hydroxylation is 1. The molecule has 3 nitrogen and oxygen atoms in total. The van der Waals surface area contributed by atoms with E-state index in [1.807, 2.05) is 19.1 Å². The molecule has 1 atom stereocenters. The number of nitrogens with zero attached hydrogens (tertiary/aromatic N) is 1. The Kier molecular flexibility index (Phi) is 13.5. The first-order chi connectivity index (χ1) is 14.9. The number of hydrogen-bond acceptors (Lipinski definition) is 2. The summed E-state index contributed by atoms with van der Waals surface area (Å²) < 4.78 is 27.1. The molecule has 0 saturated heterocycles. The van der Waals surface area contributed by atoms with Crippen molar-refractivity contribution in [3.63, 3.8) is 0 Å². The fraction of sp³-hybridized carbons (Fsp3) is 0.667. The highest BCUT2D eigenvalue weighted by molar-refractivity contribution is 7.93. The SMILES string of the molecule is [C-]#[N+]C(CC/C=C\CCCCCC)(CCCCCCCC)S(=O)(=O)c1ccc(C)cc1. The molecule has 31 heavy (non-hydrogen) atoms. The summed E-state index contributed by atoms with van der Waals surface area (Å²) in [5, 5.41) is 0. The van der Waals surface area contributed by atoms with E-state index in [2.05, 4.69) is 30.8 Å². The summed E-state index contributed by atoms with van der Waals surface area (Å²) in [5.74, 6) is 0. The molecule has 1 aromatic rings. The Morgan fingerprint density at radius 3 is 1.97 bits per heavy atom. The lowest BCUT2D eigenvalue weighted by molar-refractivity contribution is 0.482. The lowest BCUT2D eigenvalue weighted by Gasteiger charge is -2.22. The molecule has 174 valence electrons. The van der Waals surface area contributed by atoms with Crippen LogP contribution in [0.2, 0.25) is 0 Å². The minimum Gasteiger partial charge on any atom is -0.293 e. The van der Waals surface area contributed by atoms with Gasteiger partial charge in [-0.25, -0.2) is 15.0 Å². The van der Waals surface area contributed by atoms with Crippen molar-refractivity contribution in [2.24, 2.45) is 0 Å². The molecule has 1 aromatic carbocycles. The Labute approximate surface area is 192 Å². The molecule has 0 aliphatic rings. The van der Waals surface area contributed by atoms with Crippen LogP contribution in [0.5, 0.6) is 0 Å². The van der Waals surface area contributed by atoms with Crippen LogP contribution in [0, 0.1) is 13.5 Å². The summed E-state index contributed by atoms with van der Waals surface area (Å²) in [6.07, 6.45) is 18.1. The van der Waals surface area contributed by atoms with Gasteiger partial charge in [0.25, 0.3) is 9.84 Å². The van der Waals surface area contributed by atoms with E-state index in [1.165, 1.54) is 44.9 Å². The van der Waals surface area contributed by atoms with E-state index in [9.17, 15) is 8.42 Å². The molecular weight excluding hydrogens is 402 g/mol. The highest BCUT2D eigenvalue weighted by atomic mass is 32.2. The van der Waals surface area contributed by atoms with E-state index in [0.717, 1.165) is 31.2 Å². The number of sulfone groups is 1. The van der Waals surface area contributed by atoms with Crippen molar-refractivity contribution in [1.29, 1.82) is 0 Å². The van der Waals surface area contributed by atoms with E-state index >= 15 is 0 Å². The van der Waals surface area contributed by atoms with Crippen molar-refractivity contribution in [3.8, 4) is 0 Å². The van der Waals surface area contributed by atoms with Crippen LogP contribution in [0.15, 0.2) is 41.3 Å². The van der Waals surface area contributed by atoms with Crippen LogP contribution in [0.4, 0.5) is 0 Å². The zero-order valence-corrected chi connectivity index (χ0v) is 20.9. The number of benzene rings is 1. The van der Waals surface area contributed by atoms with Gasteiger partial charge in [-0.15, -0.1) is 0 Å². The largest absolute Gasteiger partial charge is 0.333 e. The maximum atomic E-state index is 13.6. The smallest absolute Gasteiger partial charge is 0.293 e. The molecule has 1 unspecified atom stereocenters. The third-order valence-corrected chi connectivity index (χ3v) is 8.44. The zero-order chi connectivity index (χ0) is 23.0. The first kappa shape index (κ1) is 27.4. The first-order valence-electron chi connectivity index (χ1n) is 12.3. The molecule has 4 heteroatoms. The van der Waals surface area contributed by atoms with E-state index in [0.29, 0.717) is 19.3 Å². The maximum absolute atomic E-state index is 13.6. The molecule has 0 aliphatic carbocycles. The molecule has 0 fully saturated rings. The average Bonchev–Trinajstić information content (AvgIpc) is 2.76. The van der Waals surface area contributed by atoms with Crippen molar-refractivity contribution in [2.75, 3.05) is 0 Å². The van der Waals surface area contributed by atoms with Crippen molar-refractivity contribution in [2.45, 2.75) is 120 Å². The molecular formula is C27H43NO2S. The molecule has 0 heterocycles. The van der Waals surface area contributed by atoms with E-state index < -0.39 is 14.7 Å². The molecule has 0 aromatic heterocycles. The van der Waals surface area contributed by atoms with Crippen LogP contribution in [0.25, 0.3) is 4.85 Å². The fourth-order valence-electron chi connectivity index (χ4n) is 3.92. The lowest BCUT2D eigenvalue weighted by atomic mass is 10.0. The van der Waals surface area contributed by atoms with Crippen molar-refractivity contribution in [3.05, 3.63) is 53.4 Å². The topological polar surface area (TPSA) is 38.5 Å². The molecule has 0 spiro atoms. The summed E-state index contributed by atoms with van der Waals surface area (Å²) >= 11 is 0. The van der Waals surface area contributed by atoms with Crippen LogP contribution in [-0.4, -0.2) is 13.3 Å². The Morgan fingerprint density at radius 1 is 0.806 bits per heavy atom. The number of unbranched alkanes of at least 4 members (excludes halogenated alkanes) is 9. The summed E-state index contributed by atoms with van der Waals surface area (Å²) in [4.78, 5) is 2.73. The van der Waals surface area contributed by atoms with Gasteiger partial charge in [0, 0.05) is 12.8 Å². The fourth-order valence-corrected chi connectivity index (χ4v) is 5.77. The standard InChI is InChI=1S/C27H43NO2S/c1-5-7-9-11-13-14-16-18-24-27(28-4,23-17-15-12-10-8-6-2)31(29,30)26-21-19-25(3)20-22-26/h14,16,19-22H,5-13,15,17-18,23-24H2,1-3H3/b16-14-. The highest BCUT2D eigenvalue weighted by Crippen LogP contribution is 2.37. The van der Waals surface area contributed by atoms with Gasteiger partial charge in [-0.05, 0) is 44.7 Å². The van der Waals surface area contributed by atoms with Gasteiger partial charge in [-0.2, -0.15) is 0 Å². The van der Waals surface area contributed by atoms with Gasteiger partial charge in [-0.1, -0.05) is 95.1 Å².